The highest BCUT2D eigenvalue weighted by molar-refractivity contribution is 4.99. The van der Waals surface area contributed by atoms with Gasteiger partial charge in [0.1, 0.15) is 0 Å². The molecular weight excluding hydrogens is 122 g/mol. The molecule has 0 radical (unpaired) electrons. The average molecular weight is 139 g/mol. The quantitative estimate of drug-likeness (QED) is 0.633. The molecule has 2 unspecified atom stereocenters. The van der Waals surface area contributed by atoms with Crippen molar-refractivity contribution in [3.05, 3.63) is 0 Å². The van der Waals surface area contributed by atoms with Gasteiger partial charge in [0.15, 0.2) is 0 Å². The molecule has 0 aromatic carbocycles. The Kier molecular flexibility index (Phi) is 1.31. The van der Waals surface area contributed by atoms with Gasteiger partial charge < -0.3 is 5.73 Å². The van der Waals surface area contributed by atoms with Gasteiger partial charge in [-0.15, -0.1) is 0 Å². The molecule has 0 saturated heterocycles. The van der Waals surface area contributed by atoms with Crippen LogP contribution >= 0.6 is 0 Å². The fraction of sp³-hybridized carbons (Fsp3) is 1.00. The van der Waals surface area contributed by atoms with Crippen molar-refractivity contribution in [2.24, 2.45) is 23.0 Å². The van der Waals surface area contributed by atoms with Gasteiger partial charge in [-0.25, -0.2) is 0 Å². The zero-order chi connectivity index (χ0) is 7.19. The molecule has 2 N–H and O–H groups in total. The molecule has 10 heavy (non-hydrogen) atoms. The fourth-order valence-electron chi connectivity index (χ4n) is 1.91. The van der Waals surface area contributed by atoms with E-state index in [2.05, 4.69) is 6.92 Å². The molecule has 58 valence electrons. The van der Waals surface area contributed by atoms with E-state index in [-0.39, 0.29) is 0 Å². The lowest BCUT2D eigenvalue weighted by atomic mass is 9.99. The highest BCUT2D eigenvalue weighted by atomic mass is 14.7. The first-order chi connectivity index (χ1) is 4.76. The van der Waals surface area contributed by atoms with Crippen molar-refractivity contribution in [1.82, 2.24) is 0 Å². The largest absolute Gasteiger partial charge is 0.330 e. The van der Waals surface area contributed by atoms with Gasteiger partial charge in [0.2, 0.25) is 0 Å². The molecule has 0 heterocycles. The third kappa shape index (κ3) is 1.07. The van der Waals surface area contributed by atoms with Crippen LogP contribution in [0.1, 0.15) is 32.6 Å². The molecule has 2 rings (SSSR count). The summed E-state index contributed by atoms with van der Waals surface area (Å²) in [5.41, 5.74) is 6.32. The predicted molar refractivity (Wildman–Crippen MR) is 42.6 cm³/mol. The third-order valence-electron chi connectivity index (χ3n) is 3.36. The lowest BCUT2D eigenvalue weighted by molar-refractivity contribution is 0.434. The summed E-state index contributed by atoms with van der Waals surface area (Å²) in [5.74, 6) is 2.06. The van der Waals surface area contributed by atoms with Crippen LogP contribution in [0.4, 0.5) is 0 Å². The van der Waals surface area contributed by atoms with Crippen molar-refractivity contribution in [1.29, 1.82) is 0 Å². The summed E-state index contributed by atoms with van der Waals surface area (Å²) in [6.45, 7) is 3.30. The van der Waals surface area contributed by atoms with E-state index in [9.17, 15) is 0 Å². The van der Waals surface area contributed by atoms with Crippen molar-refractivity contribution in [2.75, 3.05) is 6.54 Å². The molecule has 2 aliphatic rings. The van der Waals surface area contributed by atoms with Crippen LogP contribution in [0.3, 0.4) is 0 Å². The van der Waals surface area contributed by atoms with E-state index in [0.717, 1.165) is 18.4 Å². The van der Waals surface area contributed by atoms with Crippen LogP contribution in [0.25, 0.3) is 0 Å². The van der Waals surface area contributed by atoms with E-state index >= 15 is 0 Å². The zero-order valence-corrected chi connectivity index (χ0v) is 6.77. The van der Waals surface area contributed by atoms with Gasteiger partial charge >= 0.3 is 0 Å². The standard InChI is InChI=1S/C9H17N/c1-7-4-8(7)5-9(6-10)2-3-9/h7-8H,2-6,10H2,1H3. The SMILES string of the molecule is CC1CC1CC1(CN)CC1. The van der Waals surface area contributed by atoms with Crippen LogP contribution in [0.15, 0.2) is 0 Å². The first-order valence-corrected chi connectivity index (χ1v) is 4.46. The number of hydrogen-bond acceptors (Lipinski definition) is 1. The molecule has 2 fully saturated rings. The molecule has 0 spiro atoms. The minimum Gasteiger partial charge on any atom is -0.330 e. The van der Waals surface area contributed by atoms with E-state index in [1.807, 2.05) is 0 Å². The van der Waals surface area contributed by atoms with Crippen LogP contribution in [0.5, 0.6) is 0 Å². The van der Waals surface area contributed by atoms with Gasteiger partial charge in [0, 0.05) is 0 Å². The third-order valence-corrected chi connectivity index (χ3v) is 3.36. The topological polar surface area (TPSA) is 26.0 Å². The Morgan fingerprint density at radius 2 is 2.10 bits per heavy atom. The molecular formula is C9H17N. The predicted octanol–water partition coefficient (Wildman–Crippen LogP) is 1.77. The van der Waals surface area contributed by atoms with Crippen molar-refractivity contribution in [2.45, 2.75) is 32.6 Å². The maximum atomic E-state index is 5.69. The van der Waals surface area contributed by atoms with Crippen LogP contribution in [0.2, 0.25) is 0 Å². The average Bonchev–Trinajstić information content (AvgIpc) is 2.78. The Morgan fingerprint density at radius 1 is 1.50 bits per heavy atom. The summed E-state index contributed by atoms with van der Waals surface area (Å²) in [5, 5.41) is 0. The Hall–Kier alpha value is -0.0400. The highest BCUT2D eigenvalue weighted by Gasteiger charge is 2.47. The second-order valence-corrected chi connectivity index (χ2v) is 4.38. The van der Waals surface area contributed by atoms with Crippen molar-refractivity contribution in [3.8, 4) is 0 Å². The molecule has 2 atom stereocenters. The van der Waals surface area contributed by atoms with Crippen LogP contribution in [-0.2, 0) is 0 Å². The first kappa shape index (κ1) is 6.66. The van der Waals surface area contributed by atoms with Crippen molar-refractivity contribution >= 4 is 0 Å². The number of hydrogen-bond donors (Lipinski definition) is 1. The maximum absolute atomic E-state index is 5.69. The maximum Gasteiger partial charge on any atom is -0.00204 e. The van der Waals surface area contributed by atoms with Gasteiger partial charge in [0.05, 0.1) is 0 Å². The summed E-state index contributed by atoms with van der Waals surface area (Å²) in [6.07, 6.45) is 5.73. The monoisotopic (exact) mass is 139 g/mol. The van der Waals surface area contributed by atoms with E-state index < -0.39 is 0 Å². The van der Waals surface area contributed by atoms with Crippen LogP contribution < -0.4 is 5.73 Å². The first-order valence-electron chi connectivity index (χ1n) is 4.46. The molecule has 0 aromatic heterocycles. The fourth-order valence-corrected chi connectivity index (χ4v) is 1.91. The second kappa shape index (κ2) is 1.97. The molecule has 0 aliphatic heterocycles. The Labute approximate surface area is 63.0 Å². The molecule has 0 bridgehead atoms. The van der Waals surface area contributed by atoms with E-state index in [0.29, 0.717) is 5.41 Å². The van der Waals surface area contributed by atoms with E-state index in [4.69, 9.17) is 5.73 Å². The lowest BCUT2D eigenvalue weighted by Gasteiger charge is -2.10. The molecule has 0 aromatic rings. The number of rotatable bonds is 3. The van der Waals surface area contributed by atoms with Crippen LogP contribution in [0, 0.1) is 17.3 Å². The lowest BCUT2D eigenvalue weighted by Crippen LogP contribution is -2.15. The van der Waals surface area contributed by atoms with Gasteiger partial charge in [-0.05, 0) is 49.5 Å². The van der Waals surface area contributed by atoms with Gasteiger partial charge in [0.25, 0.3) is 0 Å². The van der Waals surface area contributed by atoms with Gasteiger partial charge in [-0.3, -0.25) is 0 Å². The molecule has 2 saturated carbocycles. The zero-order valence-electron chi connectivity index (χ0n) is 6.77. The van der Waals surface area contributed by atoms with Gasteiger partial charge in [-0.1, -0.05) is 6.92 Å². The van der Waals surface area contributed by atoms with Crippen molar-refractivity contribution in [3.63, 3.8) is 0 Å². The normalized spacial score (nSPS) is 41.4. The Balaban J connectivity index is 1.79. The summed E-state index contributed by atoms with van der Waals surface area (Å²) >= 11 is 0. The van der Waals surface area contributed by atoms with E-state index in [1.165, 1.54) is 25.7 Å². The summed E-state index contributed by atoms with van der Waals surface area (Å²) in [7, 11) is 0. The van der Waals surface area contributed by atoms with Crippen molar-refractivity contribution < 1.29 is 0 Å². The summed E-state index contributed by atoms with van der Waals surface area (Å²) in [6, 6.07) is 0. The minimum atomic E-state index is 0.634. The smallest absolute Gasteiger partial charge is 0.00204 e. The Morgan fingerprint density at radius 3 is 2.40 bits per heavy atom. The Bertz CT molecular complexity index is 138. The van der Waals surface area contributed by atoms with E-state index in [1.54, 1.807) is 0 Å². The number of nitrogens with two attached hydrogens (primary N) is 1. The molecule has 1 nitrogen and oxygen atoms in total. The van der Waals surface area contributed by atoms with Crippen LogP contribution in [-0.4, -0.2) is 6.54 Å². The summed E-state index contributed by atoms with van der Waals surface area (Å²) in [4.78, 5) is 0. The molecule has 1 heteroatoms. The highest BCUT2D eigenvalue weighted by Crippen LogP contribution is 2.56. The minimum absolute atomic E-state index is 0.634. The molecule has 2 aliphatic carbocycles. The molecule has 0 amide bonds. The summed E-state index contributed by atoms with van der Waals surface area (Å²) < 4.78 is 0. The second-order valence-electron chi connectivity index (χ2n) is 4.38. The van der Waals surface area contributed by atoms with Gasteiger partial charge in [-0.2, -0.15) is 0 Å².